The molecule has 0 aliphatic carbocycles. The molecule has 58 valence electrons. The van der Waals surface area contributed by atoms with Crippen molar-refractivity contribution in [1.82, 2.24) is 0 Å². The monoisotopic (exact) mass is 162 g/mol. The van der Waals surface area contributed by atoms with Gasteiger partial charge in [0.15, 0.2) is 0 Å². The summed E-state index contributed by atoms with van der Waals surface area (Å²) in [6.45, 7) is 2.25. The van der Waals surface area contributed by atoms with Crippen LogP contribution in [0.1, 0.15) is 12.0 Å². The van der Waals surface area contributed by atoms with E-state index in [1.807, 2.05) is 0 Å². The van der Waals surface area contributed by atoms with Crippen LogP contribution < -0.4 is 5.19 Å². The first-order valence-corrected chi connectivity index (χ1v) is 6.64. The standard InChI is InChI=1S/C10H14Si/c1-9-5-2-3-6-10(9)11-7-4-8-11/h2-3,5-6,11H,4,7-8H2,1H3. The average Bonchev–Trinajstić information content (AvgIpc) is 1.90. The van der Waals surface area contributed by atoms with Crippen LogP contribution in [0.4, 0.5) is 0 Å². The van der Waals surface area contributed by atoms with Crippen molar-refractivity contribution in [3.8, 4) is 0 Å². The van der Waals surface area contributed by atoms with Crippen molar-refractivity contribution in [3.05, 3.63) is 29.8 Å². The SMILES string of the molecule is Cc1ccccc1[SiH]1CCC1. The van der Waals surface area contributed by atoms with Gasteiger partial charge in [0.2, 0.25) is 0 Å². The fourth-order valence-corrected chi connectivity index (χ4v) is 4.33. The van der Waals surface area contributed by atoms with Crippen LogP contribution in [0.3, 0.4) is 0 Å². The van der Waals surface area contributed by atoms with E-state index in [0.717, 1.165) is 0 Å². The van der Waals surface area contributed by atoms with E-state index in [1.54, 1.807) is 17.3 Å². The first kappa shape index (κ1) is 7.11. The second-order valence-corrected chi connectivity index (χ2v) is 6.65. The van der Waals surface area contributed by atoms with Crippen molar-refractivity contribution in [2.24, 2.45) is 0 Å². The number of aryl methyl sites for hydroxylation is 1. The van der Waals surface area contributed by atoms with E-state index >= 15 is 0 Å². The summed E-state index contributed by atoms with van der Waals surface area (Å²) in [5, 5.41) is 1.72. The molecule has 11 heavy (non-hydrogen) atoms. The Labute approximate surface area is 69.9 Å². The van der Waals surface area contributed by atoms with Crippen LogP contribution in [0.25, 0.3) is 0 Å². The van der Waals surface area contributed by atoms with Gasteiger partial charge >= 0.3 is 0 Å². The normalized spacial score (nSPS) is 17.9. The van der Waals surface area contributed by atoms with E-state index in [4.69, 9.17) is 0 Å². The summed E-state index contributed by atoms with van der Waals surface area (Å²) >= 11 is 0. The fraction of sp³-hybridized carbons (Fsp3) is 0.400. The summed E-state index contributed by atoms with van der Waals surface area (Å²) in [6.07, 6.45) is 1.49. The zero-order chi connectivity index (χ0) is 7.68. The molecule has 0 aromatic heterocycles. The molecule has 0 unspecified atom stereocenters. The molecule has 1 fully saturated rings. The fourth-order valence-electron chi connectivity index (χ4n) is 1.76. The maximum atomic E-state index is 2.34. The highest BCUT2D eigenvalue weighted by atomic mass is 28.3. The van der Waals surface area contributed by atoms with Gasteiger partial charge in [-0.05, 0) is 6.92 Å². The minimum Gasteiger partial charge on any atom is -0.0631 e. The van der Waals surface area contributed by atoms with Crippen molar-refractivity contribution >= 4 is 14.0 Å². The van der Waals surface area contributed by atoms with Crippen LogP contribution in [0.2, 0.25) is 12.1 Å². The molecule has 0 amide bonds. The molecule has 0 atom stereocenters. The van der Waals surface area contributed by atoms with Crippen LogP contribution in [-0.2, 0) is 0 Å². The Morgan fingerprint density at radius 2 is 1.91 bits per heavy atom. The first-order chi connectivity index (χ1) is 5.38. The van der Waals surface area contributed by atoms with E-state index in [1.165, 1.54) is 12.0 Å². The molecule has 1 saturated heterocycles. The van der Waals surface area contributed by atoms with Gasteiger partial charge in [0.25, 0.3) is 0 Å². The molecule has 0 saturated carbocycles. The van der Waals surface area contributed by atoms with Crippen molar-refractivity contribution in [3.63, 3.8) is 0 Å². The molecule has 1 aromatic rings. The molecule has 0 bridgehead atoms. The topological polar surface area (TPSA) is 0 Å². The maximum absolute atomic E-state index is 2.34. The van der Waals surface area contributed by atoms with Gasteiger partial charge in [-0.15, -0.1) is 0 Å². The minimum absolute atomic E-state index is 0.398. The summed E-state index contributed by atoms with van der Waals surface area (Å²) in [4.78, 5) is 0. The van der Waals surface area contributed by atoms with E-state index in [2.05, 4.69) is 31.2 Å². The Morgan fingerprint density at radius 3 is 2.45 bits per heavy atom. The molecule has 1 aromatic carbocycles. The highest BCUT2D eigenvalue weighted by Gasteiger charge is 2.21. The summed E-state index contributed by atoms with van der Waals surface area (Å²) in [5.41, 5.74) is 1.53. The molecule has 0 spiro atoms. The molecule has 1 aliphatic rings. The lowest BCUT2D eigenvalue weighted by molar-refractivity contribution is 0.950. The zero-order valence-corrected chi connectivity index (χ0v) is 8.16. The number of benzene rings is 1. The van der Waals surface area contributed by atoms with E-state index in [-0.39, 0.29) is 0 Å². The number of hydrogen-bond acceptors (Lipinski definition) is 0. The Kier molecular flexibility index (Phi) is 1.82. The number of rotatable bonds is 1. The van der Waals surface area contributed by atoms with Crippen molar-refractivity contribution in [2.75, 3.05) is 0 Å². The van der Waals surface area contributed by atoms with Crippen LogP contribution in [0, 0.1) is 6.92 Å². The van der Waals surface area contributed by atoms with Crippen molar-refractivity contribution < 1.29 is 0 Å². The first-order valence-electron chi connectivity index (χ1n) is 4.43. The lowest BCUT2D eigenvalue weighted by Gasteiger charge is -2.25. The Morgan fingerprint density at radius 1 is 1.18 bits per heavy atom. The van der Waals surface area contributed by atoms with Crippen molar-refractivity contribution in [2.45, 2.75) is 25.4 Å². The van der Waals surface area contributed by atoms with Crippen LogP contribution in [0.15, 0.2) is 24.3 Å². The average molecular weight is 162 g/mol. The summed E-state index contributed by atoms with van der Waals surface area (Å²) < 4.78 is 0. The molecule has 1 aliphatic heterocycles. The highest BCUT2D eigenvalue weighted by Crippen LogP contribution is 2.20. The second-order valence-electron chi connectivity index (χ2n) is 3.48. The van der Waals surface area contributed by atoms with Gasteiger partial charge in [0.1, 0.15) is 0 Å². The van der Waals surface area contributed by atoms with Gasteiger partial charge in [-0.2, -0.15) is 0 Å². The lowest BCUT2D eigenvalue weighted by Crippen LogP contribution is -2.37. The molecule has 1 heteroatoms. The van der Waals surface area contributed by atoms with Crippen LogP contribution in [-0.4, -0.2) is 8.80 Å². The maximum Gasteiger partial charge on any atom is 0.0711 e. The molecule has 1 heterocycles. The van der Waals surface area contributed by atoms with E-state index in [9.17, 15) is 0 Å². The minimum atomic E-state index is -0.398. The van der Waals surface area contributed by atoms with E-state index in [0.29, 0.717) is 0 Å². The van der Waals surface area contributed by atoms with Crippen LogP contribution >= 0.6 is 0 Å². The molecule has 0 radical (unpaired) electrons. The lowest BCUT2D eigenvalue weighted by atomic mass is 10.2. The van der Waals surface area contributed by atoms with Gasteiger partial charge in [0.05, 0.1) is 8.80 Å². The van der Waals surface area contributed by atoms with Crippen LogP contribution in [0.5, 0.6) is 0 Å². The zero-order valence-electron chi connectivity index (χ0n) is 7.01. The molecule has 2 rings (SSSR count). The highest BCUT2D eigenvalue weighted by molar-refractivity contribution is 6.75. The molecular weight excluding hydrogens is 148 g/mol. The van der Waals surface area contributed by atoms with Crippen molar-refractivity contribution in [1.29, 1.82) is 0 Å². The van der Waals surface area contributed by atoms with Gasteiger partial charge in [0, 0.05) is 0 Å². The van der Waals surface area contributed by atoms with Gasteiger partial charge in [-0.1, -0.05) is 53.5 Å². The Hall–Kier alpha value is -0.563. The number of hydrogen-bond donors (Lipinski definition) is 0. The van der Waals surface area contributed by atoms with Gasteiger partial charge in [-0.3, -0.25) is 0 Å². The smallest absolute Gasteiger partial charge is 0.0631 e. The van der Waals surface area contributed by atoms with Gasteiger partial charge < -0.3 is 0 Å². The molecule has 0 N–H and O–H groups in total. The largest absolute Gasteiger partial charge is 0.0711 e. The summed E-state index contributed by atoms with van der Waals surface area (Å²) in [6, 6.07) is 12.0. The quantitative estimate of drug-likeness (QED) is 0.553. The molecule has 0 nitrogen and oxygen atoms in total. The molecular formula is C10H14Si. The third-order valence-electron chi connectivity index (χ3n) is 2.73. The van der Waals surface area contributed by atoms with Gasteiger partial charge in [-0.25, -0.2) is 0 Å². The Balaban J connectivity index is 2.28. The third kappa shape index (κ3) is 1.25. The Bertz CT molecular complexity index is 251. The third-order valence-corrected chi connectivity index (χ3v) is 6.47. The predicted molar refractivity (Wildman–Crippen MR) is 52.2 cm³/mol. The summed E-state index contributed by atoms with van der Waals surface area (Å²) in [5.74, 6) is 0. The second kappa shape index (κ2) is 2.82. The predicted octanol–water partition coefficient (Wildman–Crippen LogP) is 1.83. The summed E-state index contributed by atoms with van der Waals surface area (Å²) in [7, 11) is -0.398. The van der Waals surface area contributed by atoms with E-state index < -0.39 is 8.80 Å².